The Kier molecular flexibility index (Phi) is 6.27. The first kappa shape index (κ1) is 19.7. The van der Waals surface area contributed by atoms with Gasteiger partial charge in [0, 0.05) is 32.2 Å². The number of fused-ring (bicyclic) bond motifs is 1. The molecule has 1 saturated heterocycles. The Morgan fingerprint density at radius 1 is 1.00 bits per heavy atom. The summed E-state index contributed by atoms with van der Waals surface area (Å²) in [5.41, 5.74) is 2.97. The van der Waals surface area contributed by atoms with Gasteiger partial charge in [0.2, 0.25) is 6.35 Å². The molecule has 1 fully saturated rings. The number of ether oxygens (including phenoxy) is 2. The number of nitrogens with one attached hydrogen (secondary N) is 2. The van der Waals surface area contributed by atoms with Gasteiger partial charge in [0.05, 0.1) is 30.8 Å². The second-order valence-electron chi connectivity index (χ2n) is 7.45. The molecule has 1 atom stereocenters. The van der Waals surface area contributed by atoms with Crippen LogP contribution in [0.4, 0.5) is 17.1 Å². The molecule has 0 bridgehead atoms. The number of rotatable bonds is 8. The average molecular weight is 399 g/mol. The number of hydrogen-bond donors (Lipinski definition) is 3. The van der Waals surface area contributed by atoms with Crippen LogP contribution in [0.2, 0.25) is 0 Å². The number of piperazine rings is 1. The molecule has 2 aliphatic heterocycles. The molecule has 0 spiro atoms. The predicted octanol–water partition coefficient (Wildman–Crippen LogP) is 2.79. The second-order valence-corrected chi connectivity index (χ2v) is 7.45. The van der Waals surface area contributed by atoms with Crippen molar-refractivity contribution in [3.8, 4) is 11.5 Å². The lowest BCUT2D eigenvalue weighted by Crippen LogP contribution is -2.46. The largest absolute Gasteiger partial charge is 0.495 e. The molecule has 2 heterocycles. The first-order valence-corrected chi connectivity index (χ1v) is 10.3. The van der Waals surface area contributed by atoms with Crippen molar-refractivity contribution in [3.05, 3.63) is 42.5 Å². The third kappa shape index (κ3) is 4.86. The lowest BCUT2D eigenvalue weighted by molar-refractivity contribution is 0.237. The maximum atomic E-state index is 9.54. The van der Waals surface area contributed by atoms with Crippen molar-refractivity contribution in [2.24, 2.45) is 0 Å². The molecular weight excluding hydrogens is 368 g/mol. The predicted molar refractivity (Wildman–Crippen MR) is 116 cm³/mol. The van der Waals surface area contributed by atoms with E-state index in [4.69, 9.17) is 9.47 Å². The van der Waals surface area contributed by atoms with Gasteiger partial charge in [0.1, 0.15) is 11.5 Å². The van der Waals surface area contributed by atoms with Gasteiger partial charge in [0.15, 0.2) is 0 Å². The van der Waals surface area contributed by atoms with E-state index in [0.29, 0.717) is 6.61 Å². The summed E-state index contributed by atoms with van der Waals surface area (Å²) in [6, 6.07) is 14.0. The normalized spacial score (nSPS) is 18.7. The minimum atomic E-state index is -0.719. The number of methoxy groups -OCH3 is 1. The summed E-state index contributed by atoms with van der Waals surface area (Å²) in [4.78, 5) is 4.93. The maximum Gasteiger partial charge on any atom is 0.202 e. The Morgan fingerprint density at radius 3 is 2.62 bits per heavy atom. The number of aliphatic hydroxyl groups is 1. The van der Waals surface area contributed by atoms with E-state index in [-0.39, 0.29) is 0 Å². The third-order valence-corrected chi connectivity index (χ3v) is 5.51. The molecule has 0 radical (unpaired) electrons. The number of aliphatic hydroxyl groups excluding tert-OH is 1. The Balaban J connectivity index is 1.14. The van der Waals surface area contributed by atoms with E-state index in [0.717, 1.165) is 68.4 Å². The highest BCUT2D eigenvalue weighted by Gasteiger charge is 2.19. The summed E-state index contributed by atoms with van der Waals surface area (Å²) < 4.78 is 11.4. The Labute approximate surface area is 172 Å². The first-order valence-electron chi connectivity index (χ1n) is 10.3. The highest BCUT2D eigenvalue weighted by Crippen LogP contribution is 2.32. The molecule has 7 heteroatoms. The van der Waals surface area contributed by atoms with Crippen LogP contribution in [0.1, 0.15) is 12.8 Å². The van der Waals surface area contributed by atoms with Crippen LogP contribution < -0.4 is 25.0 Å². The molecule has 0 amide bonds. The number of unbranched alkanes of at least 4 members (excludes halogenated alkanes) is 1. The van der Waals surface area contributed by atoms with Crippen LogP contribution in [-0.2, 0) is 0 Å². The SMILES string of the molecule is COc1ccccc1N1CCN(CCCCOc2ccc3c(c2)NC(O)N3)CC1. The Hall–Kier alpha value is -2.64. The van der Waals surface area contributed by atoms with Gasteiger partial charge in [0.25, 0.3) is 0 Å². The monoisotopic (exact) mass is 398 g/mol. The topological polar surface area (TPSA) is 69.2 Å². The summed E-state index contributed by atoms with van der Waals surface area (Å²) >= 11 is 0. The average Bonchev–Trinajstić information content (AvgIpc) is 3.13. The fraction of sp³-hybridized carbons (Fsp3) is 0.455. The Morgan fingerprint density at radius 2 is 1.79 bits per heavy atom. The van der Waals surface area contributed by atoms with E-state index in [2.05, 4.69) is 32.6 Å². The molecule has 0 aliphatic carbocycles. The fourth-order valence-corrected chi connectivity index (χ4v) is 3.92. The number of benzene rings is 2. The van der Waals surface area contributed by atoms with Crippen molar-refractivity contribution < 1.29 is 14.6 Å². The van der Waals surface area contributed by atoms with Crippen molar-refractivity contribution in [1.29, 1.82) is 0 Å². The molecule has 1 unspecified atom stereocenters. The lowest BCUT2D eigenvalue weighted by atomic mass is 10.2. The van der Waals surface area contributed by atoms with Gasteiger partial charge in [-0.3, -0.25) is 4.90 Å². The molecule has 2 aromatic rings. The first-order chi connectivity index (χ1) is 14.2. The Bertz CT molecular complexity index is 808. The van der Waals surface area contributed by atoms with Gasteiger partial charge in [-0.25, -0.2) is 0 Å². The minimum absolute atomic E-state index is 0.704. The van der Waals surface area contributed by atoms with Crippen molar-refractivity contribution in [3.63, 3.8) is 0 Å². The minimum Gasteiger partial charge on any atom is -0.495 e. The van der Waals surface area contributed by atoms with E-state index < -0.39 is 6.35 Å². The third-order valence-electron chi connectivity index (χ3n) is 5.51. The van der Waals surface area contributed by atoms with Crippen LogP contribution in [0.5, 0.6) is 11.5 Å². The van der Waals surface area contributed by atoms with Crippen LogP contribution in [0, 0.1) is 0 Å². The number of para-hydroxylation sites is 2. The summed E-state index contributed by atoms with van der Waals surface area (Å²) in [5, 5.41) is 15.4. The molecule has 7 nitrogen and oxygen atoms in total. The van der Waals surface area contributed by atoms with Crippen LogP contribution in [-0.4, -0.2) is 62.8 Å². The summed E-state index contributed by atoms with van der Waals surface area (Å²) in [6.07, 6.45) is 1.43. The fourth-order valence-electron chi connectivity index (χ4n) is 3.92. The molecule has 0 aromatic heterocycles. The van der Waals surface area contributed by atoms with Crippen molar-refractivity contribution >= 4 is 17.1 Å². The highest BCUT2D eigenvalue weighted by atomic mass is 16.5. The molecule has 156 valence electrons. The van der Waals surface area contributed by atoms with E-state index in [1.807, 2.05) is 30.3 Å². The molecule has 2 aliphatic rings. The van der Waals surface area contributed by atoms with Gasteiger partial charge in [-0.2, -0.15) is 0 Å². The number of hydrogen-bond acceptors (Lipinski definition) is 7. The second kappa shape index (κ2) is 9.24. The highest BCUT2D eigenvalue weighted by molar-refractivity contribution is 5.75. The van der Waals surface area contributed by atoms with E-state index in [1.165, 1.54) is 5.69 Å². The zero-order chi connectivity index (χ0) is 20.1. The molecule has 29 heavy (non-hydrogen) atoms. The van der Waals surface area contributed by atoms with Gasteiger partial charge in [-0.1, -0.05) is 12.1 Å². The van der Waals surface area contributed by atoms with Gasteiger partial charge < -0.3 is 30.1 Å². The molecule has 4 rings (SSSR count). The molecule has 0 saturated carbocycles. The number of anilines is 3. The number of nitrogens with zero attached hydrogens (tertiary/aromatic N) is 2. The zero-order valence-corrected chi connectivity index (χ0v) is 16.9. The molecular formula is C22H30N4O3. The van der Waals surface area contributed by atoms with E-state index in [1.54, 1.807) is 7.11 Å². The maximum absolute atomic E-state index is 9.54. The van der Waals surface area contributed by atoms with Crippen LogP contribution in [0.15, 0.2) is 42.5 Å². The smallest absolute Gasteiger partial charge is 0.202 e. The van der Waals surface area contributed by atoms with Crippen LogP contribution in [0.25, 0.3) is 0 Å². The van der Waals surface area contributed by atoms with Gasteiger partial charge in [-0.15, -0.1) is 0 Å². The summed E-state index contributed by atoms with van der Waals surface area (Å²) in [6.45, 7) is 6.01. The van der Waals surface area contributed by atoms with Gasteiger partial charge >= 0.3 is 0 Å². The summed E-state index contributed by atoms with van der Waals surface area (Å²) in [5.74, 6) is 1.78. The van der Waals surface area contributed by atoms with E-state index in [9.17, 15) is 5.11 Å². The van der Waals surface area contributed by atoms with Crippen molar-refractivity contribution in [2.75, 3.05) is 62.0 Å². The van der Waals surface area contributed by atoms with Crippen LogP contribution in [0.3, 0.4) is 0 Å². The standard InChI is InChI=1S/C22H30N4O3/c1-28-21-7-3-2-6-20(21)26-13-11-25(12-14-26)10-4-5-15-29-17-8-9-18-19(16-17)24-22(27)23-18/h2-3,6-9,16,22-24,27H,4-5,10-15H2,1H3. The summed E-state index contributed by atoms with van der Waals surface area (Å²) in [7, 11) is 1.73. The lowest BCUT2D eigenvalue weighted by Gasteiger charge is -2.36. The van der Waals surface area contributed by atoms with Gasteiger partial charge in [-0.05, 0) is 43.7 Å². The zero-order valence-electron chi connectivity index (χ0n) is 16.9. The van der Waals surface area contributed by atoms with Crippen molar-refractivity contribution in [2.45, 2.75) is 19.2 Å². The quantitative estimate of drug-likeness (QED) is 0.591. The van der Waals surface area contributed by atoms with E-state index >= 15 is 0 Å². The molecule has 2 aromatic carbocycles. The van der Waals surface area contributed by atoms with Crippen molar-refractivity contribution in [1.82, 2.24) is 4.90 Å². The molecule has 3 N–H and O–H groups in total. The van der Waals surface area contributed by atoms with Crippen LogP contribution >= 0.6 is 0 Å².